The Morgan fingerprint density at radius 1 is 1.24 bits per heavy atom. The second-order valence-corrected chi connectivity index (χ2v) is 6.57. The molecule has 0 spiro atoms. The highest BCUT2D eigenvalue weighted by molar-refractivity contribution is 6.30. The van der Waals surface area contributed by atoms with Gasteiger partial charge in [0.1, 0.15) is 18.9 Å². The fourth-order valence-electron chi connectivity index (χ4n) is 2.50. The Balaban J connectivity index is 1.44. The average molecular weight is 418 g/mol. The number of halogens is 1. The first kappa shape index (κ1) is 20.9. The van der Waals surface area contributed by atoms with Gasteiger partial charge in [0.2, 0.25) is 11.7 Å². The number of rotatable bonds is 10. The molecule has 2 aromatic heterocycles. The van der Waals surface area contributed by atoms with Crippen molar-refractivity contribution in [3.05, 3.63) is 59.3 Å². The van der Waals surface area contributed by atoms with Crippen molar-refractivity contribution in [2.75, 3.05) is 19.7 Å². The number of aromatic nitrogens is 2. The maximum absolute atomic E-state index is 6.01. The van der Waals surface area contributed by atoms with Gasteiger partial charge in [-0.05, 0) is 37.6 Å². The van der Waals surface area contributed by atoms with E-state index in [0.717, 1.165) is 30.8 Å². The maximum Gasteiger partial charge on any atom is 0.248 e. The van der Waals surface area contributed by atoms with Gasteiger partial charge in [-0.25, -0.2) is 4.99 Å². The van der Waals surface area contributed by atoms with E-state index < -0.39 is 0 Å². The number of hydrogen-bond donors (Lipinski definition) is 2. The van der Waals surface area contributed by atoms with Crippen LogP contribution in [-0.2, 0) is 17.9 Å². The molecular weight excluding hydrogens is 394 g/mol. The van der Waals surface area contributed by atoms with Crippen LogP contribution in [0.4, 0.5) is 0 Å². The van der Waals surface area contributed by atoms with Crippen molar-refractivity contribution in [3.8, 4) is 11.4 Å². The molecule has 0 unspecified atom stereocenters. The van der Waals surface area contributed by atoms with Gasteiger partial charge in [0, 0.05) is 30.3 Å². The second kappa shape index (κ2) is 11.2. The minimum absolute atomic E-state index is 0.276. The zero-order chi connectivity index (χ0) is 20.3. The number of nitrogens with one attached hydrogen (secondary N) is 2. The Morgan fingerprint density at radius 3 is 2.97 bits per heavy atom. The summed E-state index contributed by atoms with van der Waals surface area (Å²) in [6.07, 6.45) is 2.48. The van der Waals surface area contributed by atoms with E-state index in [9.17, 15) is 0 Å². The van der Waals surface area contributed by atoms with Gasteiger partial charge in [0.05, 0.1) is 6.26 Å². The van der Waals surface area contributed by atoms with Crippen LogP contribution < -0.4 is 10.6 Å². The largest absolute Gasteiger partial charge is 0.467 e. The molecule has 0 amide bonds. The summed E-state index contributed by atoms with van der Waals surface area (Å²) in [5, 5.41) is 11.1. The van der Waals surface area contributed by atoms with Crippen LogP contribution in [0.2, 0.25) is 5.02 Å². The van der Waals surface area contributed by atoms with Crippen molar-refractivity contribution in [2.45, 2.75) is 26.5 Å². The number of aliphatic imine (C=N–C) groups is 1. The number of ether oxygens (including phenoxy) is 1. The van der Waals surface area contributed by atoms with Crippen molar-refractivity contribution >= 4 is 17.6 Å². The molecule has 9 heteroatoms. The summed E-state index contributed by atoms with van der Waals surface area (Å²) in [5.74, 6) is 2.42. The van der Waals surface area contributed by atoms with E-state index in [4.69, 9.17) is 25.3 Å². The van der Waals surface area contributed by atoms with Crippen LogP contribution in [0.5, 0.6) is 0 Å². The first-order chi connectivity index (χ1) is 14.2. The topological polar surface area (TPSA) is 97.7 Å². The predicted octanol–water partition coefficient (Wildman–Crippen LogP) is 3.65. The van der Waals surface area contributed by atoms with E-state index >= 15 is 0 Å². The molecule has 0 fully saturated rings. The number of nitrogens with zero attached hydrogens (tertiary/aromatic N) is 3. The van der Waals surface area contributed by atoms with Crippen LogP contribution in [-0.4, -0.2) is 35.8 Å². The molecule has 3 rings (SSSR count). The monoisotopic (exact) mass is 417 g/mol. The summed E-state index contributed by atoms with van der Waals surface area (Å²) >= 11 is 6.01. The molecule has 0 radical (unpaired) electrons. The SMILES string of the molecule is CCNC(=NCc1nc(-c2cccc(Cl)c2)no1)NCCCOCc1ccco1. The Bertz CT molecular complexity index is 895. The number of guanidine groups is 1. The van der Waals surface area contributed by atoms with Crippen molar-refractivity contribution in [2.24, 2.45) is 4.99 Å². The van der Waals surface area contributed by atoms with Crippen molar-refractivity contribution < 1.29 is 13.7 Å². The van der Waals surface area contributed by atoms with E-state index in [1.807, 2.05) is 31.2 Å². The zero-order valence-corrected chi connectivity index (χ0v) is 17.0. The zero-order valence-electron chi connectivity index (χ0n) is 16.2. The summed E-state index contributed by atoms with van der Waals surface area (Å²) in [4.78, 5) is 8.85. The van der Waals surface area contributed by atoms with Gasteiger partial charge < -0.3 is 24.3 Å². The van der Waals surface area contributed by atoms with Crippen LogP contribution in [0.3, 0.4) is 0 Å². The summed E-state index contributed by atoms with van der Waals surface area (Å²) < 4.78 is 16.1. The first-order valence-corrected chi connectivity index (χ1v) is 9.83. The minimum atomic E-state index is 0.276. The van der Waals surface area contributed by atoms with Crippen molar-refractivity contribution in [3.63, 3.8) is 0 Å². The van der Waals surface area contributed by atoms with Gasteiger partial charge in [-0.2, -0.15) is 4.98 Å². The predicted molar refractivity (Wildman–Crippen MR) is 111 cm³/mol. The summed E-state index contributed by atoms with van der Waals surface area (Å²) in [6, 6.07) is 11.1. The van der Waals surface area contributed by atoms with E-state index in [0.29, 0.717) is 35.9 Å². The fourth-order valence-corrected chi connectivity index (χ4v) is 2.69. The van der Waals surface area contributed by atoms with E-state index in [1.165, 1.54) is 0 Å². The lowest BCUT2D eigenvalue weighted by Crippen LogP contribution is -2.38. The van der Waals surface area contributed by atoms with Gasteiger partial charge in [-0.3, -0.25) is 0 Å². The van der Waals surface area contributed by atoms with Crippen LogP contribution in [0.15, 0.2) is 56.6 Å². The lowest BCUT2D eigenvalue weighted by atomic mass is 10.2. The first-order valence-electron chi connectivity index (χ1n) is 9.45. The van der Waals surface area contributed by atoms with Gasteiger partial charge in [0.25, 0.3) is 0 Å². The molecule has 0 atom stereocenters. The van der Waals surface area contributed by atoms with Crippen LogP contribution in [0, 0.1) is 0 Å². The molecule has 0 aliphatic rings. The molecule has 0 bridgehead atoms. The lowest BCUT2D eigenvalue weighted by Gasteiger charge is -2.10. The molecule has 2 heterocycles. The van der Waals surface area contributed by atoms with Crippen LogP contribution in [0.25, 0.3) is 11.4 Å². The molecular formula is C20H24ClN5O3. The summed E-state index contributed by atoms with van der Waals surface area (Å²) in [6.45, 7) is 4.86. The normalized spacial score (nSPS) is 11.6. The molecule has 3 aromatic rings. The number of hydrogen-bond acceptors (Lipinski definition) is 6. The number of furan rings is 1. The summed E-state index contributed by atoms with van der Waals surface area (Å²) in [7, 11) is 0. The molecule has 0 saturated heterocycles. The molecule has 2 N–H and O–H groups in total. The van der Waals surface area contributed by atoms with Crippen LogP contribution in [0.1, 0.15) is 25.0 Å². The van der Waals surface area contributed by atoms with Crippen molar-refractivity contribution in [1.82, 2.24) is 20.8 Å². The highest BCUT2D eigenvalue weighted by Crippen LogP contribution is 2.20. The molecule has 1 aromatic carbocycles. The molecule has 29 heavy (non-hydrogen) atoms. The third-order valence-corrected chi connectivity index (χ3v) is 4.08. The standard InChI is InChI=1S/C20H24ClN5O3/c1-2-22-20(23-9-5-10-27-14-17-8-4-11-28-17)24-13-18-25-19(26-29-18)15-6-3-7-16(21)12-15/h3-4,6-8,11-12H,2,5,9-10,13-14H2,1H3,(H2,22,23,24). The lowest BCUT2D eigenvalue weighted by molar-refractivity contribution is 0.105. The highest BCUT2D eigenvalue weighted by atomic mass is 35.5. The molecule has 8 nitrogen and oxygen atoms in total. The van der Waals surface area contributed by atoms with Gasteiger partial charge in [0.15, 0.2) is 5.96 Å². The van der Waals surface area contributed by atoms with E-state index in [1.54, 1.807) is 18.4 Å². The molecule has 0 aliphatic heterocycles. The quantitative estimate of drug-likeness (QED) is 0.295. The molecule has 0 aliphatic carbocycles. The minimum Gasteiger partial charge on any atom is -0.467 e. The third kappa shape index (κ3) is 6.92. The van der Waals surface area contributed by atoms with Crippen LogP contribution >= 0.6 is 11.6 Å². The van der Waals surface area contributed by atoms with Crippen molar-refractivity contribution in [1.29, 1.82) is 0 Å². The maximum atomic E-state index is 6.01. The Labute approximate surface area is 174 Å². The average Bonchev–Trinajstić information content (AvgIpc) is 3.40. The van der Waals surface area contributed by atoms with Gasteiger partial charge in [-0.15, -0.1) is 0 Å². The summed E-state index contributed by atoms with van der Waals surface area (Å²) in [5.41, 5.74) is 0.802. The highest BCUT2D eigenvalue weighted by Gasteiger charge is 2.09. The Hall–Kier alpha value is -2.84. The van der Waals surface area contributed by atoms with Gasteiger partial charge >= 0.3 is 0 Å². The second-order valence-electron chi connectivity index (χ2n) is 6.13. The third-order valence-electron chi connectivity index (χ3n) is 3.85. The molecule has 154 valence electrons. The fraction of sp³-hybridized carbons (Fsp3) is 0.350. The van der Waals surface area contributed by atoms with Gasteiger partial charge in [-0.1, -0.05) is 28.9 Å². The van der Waals surface area contributed by atoms with E-state index in [-0.39, 0.29) is 6.54 Å². The Morgan fingerprint density at radius 2 is 2.17 bits per heavy atom. The molecule has 0 saturated carbocycles. The van der Waals surface area contributed by atoms with E-state index in [2.05, 4.69) is 25.8 Å². The number of benzene rings is 1. The Kier molecular flexibility index (Phi) is 8.09. The smallest absolute Gasteiger partial charge is 0.248 e.